The van der Waals surface area contributed by atoms with Gasteiger partial charge in [-0.15, -0.1) is 16.4 Å². The van der Waals surface area contributed by atoms with E-state index in [0.717, 1.165) is 11.3 Å². The smallest absolute Gasteiger partial charge is 0.261 e. The summed E-state index contributed by atoms with van der Waals surface area (Å²) in [7, 11) is 3.50. The molecule has 0 aliphatic heterocycles. The minimum atomic E-state index is -0.197. The summed E-state index contributed by atoms with van der Waals surface area (Å²) in [5.41, 5.74) is 2.25. The highest BCUT2D eigenvalue weighted by molar-refractivity contribution is 7.17. The highest BCUT2D eigenvalue weighted by Crippen LogP contribution is 2.21. The van der Waals surface area contributed by atoms with Crippen LogP contribution in [0, 0.1) is 5.41 Å². The van der Waals surface area contributed by atoms with Crippen molar-refractivity contribution in [1.82, 2.24) is 25.2 Å². The number of aromatic nitrogens is 3. The molecule has 0 aliphatic rings. The molecule has 1 aromatic carbocycles. The first-order chi connectivity index (χ1) is 14.0. The van der Waals surface area contributed by atoms with Gasteiger partial charge in [-0.05, 0) is 36.4 Å². The molecule has 152 valence electrons. The lowest BCUT2D eigenvalue weighted by Crippen LogP contribution is -2.29. The molecule has 2 heterocycles. The van der Waals surface area contributed by atoms with Crippen LogP contribution < -0.4 is 5.32 Å². The number of nitrogens with one attached hydrogen (secondary N) is 2. The number of nitrogens with zero attached hydrogens (tertiary/aromatic N) is 4. The number of methoxy groups -OCH3 is 1. The predicted octanol–water partition coefficient (Wildman–Crippen LogP) is 2.82. The van der Waals surface area contributed by atoms with E-state index >= 15 is 0 Å². The Morgan fingerprint density at radius 1 is 1.31 bits per heavy atom. The van der Waals surface area contributed by atoms with E-state index in [1.807, 2.05) is 36.2 Å². The van der Waals surface area contributed by atoms with Crippen molar-refractivity contribution in [2.75, 3.05) is 27.3 Å². The summed E-state index contributed by atoms with van der Waals surface area (Å²) >= 11 is 7.08. The second-order valence-electron chi connectivity index (χ2n) is 6.25. The lowest BCUT2D eigenvalue weighted by molar-refractivity contribution is 0.0954. The van der Waals surface area contributed by atoms with E-state index in [1.165, 1.54) is 11.3 Å². The molecule has 2 N–H and O–H groups in total. The number of rotatable bonds is 8. The van der Waals surface area contributed by atoms with Gasteiger partial charge in [-0.25, -0.2) is 4.68 Å². The third-order valence-electron chi connectivity index (χ3n) is 4.19. The second kappa shape index (κ2) is 9.64. The normalized spacial score (nSPS) is 10.7. The van der Waals surface area contributed by atoms with E-state index in [-0.39, 0.29) is 12.5 Å². The molecule has 0 atom stereocenters. The molecule has 0 saturated heterocycles. The Balaban J connectivity index is 1.60. The Labute approximate surface area is 177 Å². The van der Waals surface area contributed by atoms with Gasteiger partial charge in [0.2, 0.25) is 0 Å². The Bertz CT molecular complexity index is 985. The maximum Gasteiger partial charge on any atom is 0.261 e. The largest absolute Gasteiger partial charge is 0.383 e. The zero-order chi connectivity index (χ0) is 20.8. The highest BCUT2D eigenvalue weighted by Gasteiger charge is 2.11. The van der Waals surface area contributed by atoms with Crippen molar-refractivity contribution in [3.63, 3.8) is 0 Å². The van der Waals surface area contributed by atoms with Gasteiger partial charge in [-0.3, -0.25) is 10.2 Å². The van der Waals surface area contributed by atoms with Crippen molar-refractivity contribution in [1.29, 1.82) is 5.41 Å². The molecule has 3 rings (SSSR count). The van der Waals surface area contributed by atoms with E-state index in [2.05, 4.69) is 15.6 Å². The Hall–Kier alpha value is -2.75. The number of thiophene rings is 1. The number of carbonyl (C=O) groups excluding carboxylic acids is 1. The van der Waals surface area contributed by atoms with Gasteiger partial charge in [0.1, 0.15) is 11.5 Å². The maximum absolute atomic E-state index is 12.1. The monoisotopic (exact) mass is 432 g/mol. The molecule has 0 saturated carbocycles. The first-order valence-electron chi connectivity index (χ1n) is 8.82. The first kappa shape index (κ1) is 21.0. The number of ether oxygens (including phenoxy) is 1. The molecule has 3 aromatic rings. The summed E-state index contributed by atoms with van der Waals surface area (Å²) in [5.74, 6) is 0.223. The van der Waals surface area contributed by atoms with Gasteiger partial charge in [-0.1, -0.05) is 16.8 Å². The molecule has 0 bridgehead atoms. The maximum atomic E-state index is 12.1. The fourth-order valence-corrected chi connectivity index (χ4v) is 3.49. The van der Waals surface area contributed by atoms with Crippen LogP contribution in [0.25, 0.3) is 5.69 Å². The summed E-state index contributed by atoms with van der Waals surface area (Å²) in [6.45, 7) is 1.48. The molecule has 0 spiro atoms. The molecule has 2 aromatic heterocycles. The Morgan fingerprint density at radius 2 is 2.07 bits per heavy atom. The minimum absolute atomic E-state index is 0.197. The van der Waals surface area contributed by atoms with Crippen LogP contribution in [0.1, 0.15) is 20.9 Å². The number of carbonyl (C=O) groups is 1. The van der Waals surface area contributed by atoms with Crippen molar-refractivity contribution in [3.05, 3.63) is 63.1 Å². The lowest BCUT2D eigenvalue weighted by Gasteiger charge is -2.19. The number of amides is 1. The fraction of sp³-hybridized carbons (Fsp3) is 0.263. The molecule has 29 heavy (non-hydrogen) atoms. The van der Waals surface area contributed by atoms with Gasteiger partial charge in [0.15, 0.2) is 0 Å². The van der Waals surface area contributed by atoms with Crippen molar-refractivity contribution in [3.8, 4) is 5.69 Å². The molecule has 0 fully saturated rings. The minimum Gasteiger partial charge on any atom is -0.383 e. The highest BCUT2D eigenvalue weighted by atomic mass is 35.5. The van der Waals surface area contributed by atoms with Crippen LogP contribution in [0.15, 0.2) is 42.6 Å². The van der Waals surface area contributed by atoms with Crippen molar-refractivity contribution >= 4 is 34.7 Å². The van der Waals surface area contributed by atoms with Crippen LogP contribution in [-0.2, 0) is 11.3 Å². The average Bonchev–Trinajstić information content (AvgIpc) is 3.39. The van der Waals surface area contributed by atoms with Gasteiger partial charge < -0.3 is 15.0 Å². The Morgan fingerprint density at radius 3 is 2.72 bits per heavy atom. The summed E-state index contributed by atoms with van der Waals surface area (Å²) < 4.78 is 7.25. The summed E-state index contributed by atoms with van der Waals surface area (Å²) in [6.07, 6.45) is 1.76. The zero-order valence-electron chi connectivity index (χ0n) is 16.1. The third-order valence-corrected chi connectivity index (χ3v) is 5.42. The summed E-state index contributed by atoms with van der Waals surface area (Å²) in [5, 5.41) is 19.3. The van der Waals surface area contributed by atoms with Gasteiger partial charge in [0, 0.05) is 26.3 Å². The van der Waals surface area contributed by atoms with Gasteiger partial charge in [0.25, 0.3) is 5.91 Å². The number of hydrogen-bond donors (Lipinski definition) is 2. The van der Waals surface area contributed by atoms with Crippen molar-refractivity contribution in [2.24, 2.45) is 0 Å². The zero-order valence-corrected chi connectivity index (χ0v) is 17.6. The predicted molar refractivity (Wildman–Crippen MR) is 113 cm³/mol. The summed E-state index contributed by atoms with van der Waals surface area (Å²) in [6, 6.07) is 10.9. The molecule has 0 radical (unpaired) electrons. The van der Waals surface area contributed by atoms with E-state index in [1.54, 1.807) is 30.1 Å². The molecular weight excluding hydrogens is 412 g/mol. The standard InChI is InChI=1S/C19H21ClN6O2S/c1-25(9-10-28-2)18(21)13-3-5-15(6-4-13)26-12-14(23-24-26)11-22-19(27)16-7-8-17(20)29-16/h3-8,12,21H,9-11H2,1-2H3,(H,22,27). The van der Waals surface area contributed by atoms with Crippen LogP contribution in [0.2, 0.25) is 4.34 Å². The van der Waals surface area contributed by atoms with Crippen LogP contribution in [0.5, 0.6) is 0 Å². The number of benzene rings is 1. The van der Waals surface area contributed by atoms with E-state index < -0.39 is 0 Å². The SMILES string of the molecule is COCCN(C)C(=N)c1ccc(-n2cc(CNC(=O)c3ccc(Cl)s3)nn2)cc1. The fourth-order valence-electron chi connectivity index (χ4n) is 2.53. The second-order valence-corrected chi connectivity index (χ2v) is 7.97. The number of hydrogen-bond acceptors (Lipinski definition) is 6. The first-order valence-corrected chi connectivity index (χ1v) is 10.0. The van der Waals surface area contributed by atoms with E-state index in [4.69, 9.17) is 21.7 Å². The number of halogens is 1. The molecule has 10 heteroatoms. The summed E-state index contributed by atoms with van der Waals surface area (Å²) in [4.78, 5) is 14.5. The lowest BCUT2D eigenvalue weighted by atomic mass is 10.1. The van der Waals surface area contributed by atoms with E-state index in [9.17, 15) is 4.79 Å². The van der Waals surface area contributed by atoms with Crippen LogP contribution in [0.4, 0.5) is 0 Å². The average molecular weight is 433 g/mol. The van der Waals surface area contributed by atoms with Crippen LogP contribution in [0.3, 0.4) is 0 Å². The molecule has 8 nitrogen and oxygen atoms in total. The number of amidine groups is 1. The topological polar surface area (TPSA) is 96.1 Å². The molecular formula is C19H21ClN6O2S. The third kappa shape index (κ3) is 5.41. The van der Waals surface area contributed by atoms with Crippen LogP contribution >= 0.6 is 22.9 Å². The molecule has 0 unspecified atom stereocenters. The molecule has 0 aliphatic carbocycles. The van der Waals surface area contributed by atoms with Gasteiger partial charge >= 0.3 is 0 Å². The Kier molecular flexibility index (Phi) is 6.97. The van der Waals surface area contributed by atoms with Crippen molar-refractivity contribution < 1.29 is 9.53 Å². The van der Waals surface area contributed by atoms with Crippen molar-refractivity contribution in [2.45, 2.75) is 6.54 Å². The molecule has 1 amide bonds. The quantitative estimate of drug-likeness (QED) is 0.421. The van der Waals surface area contributed by atoms with Gasteiger partial charge in [0.05, 0.1) is 34.2 Å². The van der Waals surface area contributed by atoms with E-state index in [0.29, 0.717) is 33.9 Å². The van der Waals surface area contributed by atoms with Gasteiger partial charge in [-0.2, -0.15) is 0 Å². The number of likely N-dealkylation sites (N-methyl/N-ethyl adjacent to an activating group) is 1. The van der Waals surface area contributed by atoms with Crippen LogP contribution in [-0.4, -0.2) is 58.9 Å².